The lowest BCUT2D eigenvalue weighted by molar-refractivity contribution is -0.120. The summed E-state index contributed by atoms with van der Waals surface area (Å²) < 4.78 is 4.89. The van der Waals surface area contributed by atoms with Gasteiger partial charge in [0.15, 0.2) is 0 Å². The number of methoxy groups -OCH3 is 1. The number of ether oxygens (including phenoxy) is 1. The van der Waals surface area contributed by atoms with Crippen LogP contribution in [-0.4, -0.2) is 38.2 Å². The molecule has 6 nitrogen and oxygen atoms in total. The van der Waals surface area contributed by atoms with E-state index in [0.717, 1.165) is 24.1 Å². The Morgan fingerprint density at radius 2 is 1.83 bits per heavy atom. The molecule has 0 aliphatic heterocycles. The first-order chi connectivity index (χ1) is 11.7. The van der Waals surface area contributed by atoms with Crippen LogP contribution >= 0.6 is 0 Å². The van der Waals surface area contributed by atoms with E-state index in [1.54, 1.807) is 7.11 Å². The highest BCUT2D eigenvalue weighted by Crippen LogP contribution is 2.17. The summed E-state index contributed by atoms with van der Waals surface area (Å²) in [6.45, 7) is 1.01. The van der Waals surface area contributed by atoms with E-state index in [0.29, 0.717) is 19.6 Å². The molecule has 132 valence electrons. The molecule has 0 heterocycles. The molecule has 1 aromatic rings. The summed E-state index contributed by atoms with van der Waals surface area (Å²) in [4.78, 5) is 23.7. The Balaban J connectivity index is 1.74. The Bertz CT molecular complexity index is 525. The normalized spacial score (nSPS) is 14.9. The average Bonchev–Trinajstić information content (AvgIpc) is 2.58. The first kappa shape index (κ1) is 18.3. The summed E-state index contributed by atoms with van der Waals surface area (Å²) in [5.41, 5.74) is 1.63. The Labute approximate surface area is 143 Å². The molecule has 2 rings (SSSR count). The zero-order valence-electron chi connectivity index (χ0n) is 14.3. The third-order valence-electron chi connectivity index (χ3n) is 4.15. The molecular formula is C18H27N3O3. The van der Waals surface area contributed by atoms with Gasteiger partial charge in [-0.25, -0.2) is 4.79 Å². The van der Waals surface area contributed by atoms with Crippen molar-refractivity contribution in [2.24, 2.45) is 0 Å². The lowest BCUT2D eigenvalue weighted by atomic mass is 9.96. The van der Waals surface area contributed by atoms with Gasteiger partial charge in [-0.15, -0.1) is 0 Å². The van der Waals surface area contributed by atoms with Gasteiger partial charge in [0.2, 0.25) is 5.91 Å². The lowest BCUT2D eigenvalue weighted by Crippen LogP contribution is -2.39. The van der Waals surface area contributed by atoms with E-state index < -0.39 is 0 Å². The minimum atomic E-state index is -0.160. The van der Waals surface area contributed by atoms with Gasteiger partial charge in [0.05, 0.1) is 13.0 Å². The maximum atomic E-state index is 12.0. The molecule has 0 spiro atoms. The van der Waals surface area contributed by atoms with Gasteiger partial charge in [-0.3, -0.25) is 4.79 Å². The molecule has 0 unspecified atom stereocenters. The molecular weight excluding hydrogens is 306 g/mol. The van der Waals surface area contributed by atoms with Crippen molar-refractivity contribution in [1.29, 1.82) is 0 Å². The van der Waals surface area contributed by atoms with Crippen LogP contribution in [0.3, 0.4) is 0 Å². The molecule has 0 atom stereocenters. The molecule has 3 amide bonds. The second-order valence-electron chi connectivity index (χ2n) is 6.15. The fourth-order valence-electron chi connectivity index (χ4n) is 2.85. The molecule has 1 saturated carbocycles. The van der Waals surface area contributed by atoms with Crippen LogP contribution < -0.4 is 16.0 Å². The van der Waals surface area contributed by atoms with Gasteiger partial charge >= 0.3 is 6.03 Å². The molecule has 0 aromatic heterocycles. The monoisotopic (exact) mass is 333 g/mol. The van der Waals surface area contributed by atoms with Crippen LogP contribution in [0.25, 0.3) is 0 Å². The number of rotatable bonds is 7. The molecule has 6 heteroatoms. The molecule has 1 aromatic carbocycles. The predicted octanol–water partition coefficient (Wildman–Crippen LogP) is 2.45. The summed E-state index contributed by atoms with van der Waals surface area (Å²) in [6, 6.07) is 7.47. The van der Waals surface area contributed by atoms with Crippen LogP contribution in [0, 0.1) is 0 Å². The molecule has 24 heavy (non-hydrogen) atoms. The van der Waals surface area contributed by atoms with Gasteiger partial charge in [0.1, 0.15) is 0 Å². The Morgan fingerprint density at radius 3 is 2.50 bits per heavy atom. The number of anilines is 1. The molecule has 1 aliphatic rings. The fraction of sp³-hybridized carbons (Fsp3) is 0.556. The van der Waals surface area contributed by atoms with E-state index in [-0.39, 0.29) is 18.0 Å². The van der Waals surface area contributed by atoms with E-state index in [2.05, 4.69) is 16.0 Å². The first-order valence-corrected chi connectivity index (χ1v) is 8.59. The van der Waals surface area contributed by atoms with E-state index in [4.69, 9.17) is 4.74 Å². The number of hydrogen-bond donors (Lipinski definition) is 3. The largest absolute Gasteiger partial charge is 0.383 e. The third kappa shape index (κ3) is 6.58. The van der Waals surface area contributed by atoms with Crippen molar-refractivity contribution in [2.75, 3.05) is 25.6 Å². The highest BCUT2D eigenvalue weighted by molar-refractivity contribution is 5.89. The maximum absolute atomic E-state index is 12.0. The van der Waals surface area contributed by atoms with Crippen LogP contribution in [0.2, 0.25) is 0 Å². The Morgan fingerprint density at radius 1 is 1.12 bits per heavy atom. The molecule has 0 saturated heterocycles. The molecule has 0 radical (unpaired) electrons. The number of carbonyl (C=O) groups is 2. The van der Waals surface area contributed by atoms with Crippen molar-refractivity contribution in [3.63, 3.8) is 0 Å². The molecule has 1 aliphatic carbocycles. The van der Waals surface area contributed by atoms with Gasteiger partial charge in [0.25, 0.3) is 0 Å². The second kappa shape index (κ2) is 9.93. The van der Waals surface area contributed by atoms with Crippen LogP contribution in [0.5, 0.6) is 0 Å². The van der Waals surface area contributed by atoms with Gasteiger partial charge in [0, 0.05) is 25.4 Å². The number of carbonyl (C=O) groups excluding carboxylic acids is 2. The van der Waals surface area contributed by atoms with Crippen LogP contribution in [0.4, 0.5) is 10.5 Å². The zero-order valence-corrected chi connectivity index (χ0v) is 14.3. The topological polar surface area (TPSA) is 79.5 Å². The highest BCUT2D eigenvalue weighted by atomic mass is 16.5. The molecule has 3 N–H and O–H groups in total. The third-order valence-corrected chi connectivity index (χ3v) is 4.15. The summed E-state index contributed by atoms with van der Waals surface area (Å²) in [6.07, 6.45) is 6.08. The smallest absolute Gasteiger partial charge is 0.319 e. The summed E-state index contributed by atoms with van der Waals surface area (Å²) in [5.74, 6) is -0.0391. The standard InChI is InChI=1S/C18H27N3O3/c1-24-12-11-19-17(22)13-14-7-9-16(10-8-14)21-18(23)20-15-5-3-2-4-6-15/h7-10,15H,2-6,11-13H2,1H3,(H,19,22)(H2,20,21,23). The van der Waals surface area contributed by atoms with Gasteiger partial charge in [-0.05, 0) is 30.5 Å². The van der Waals surface area contributed by atoms with E-state index >= 15 is 0 Å². The quantitative estimate of drug-likeness (QED) is 0.671. The summed E-state index contributed by atoms with van der Waals surface area (Å²) in [7, 11) is 1.60. The predicted molar refractivity (Wildman–Crippen MR) is 94.1 cm³/mol. The van der Waals surface area contributed by atoms with Crippen molar-refractivity contribution in [2.45, 2.75) is 44.6 Å². The number of urea groups is 1. The average molecular weight is 333 g/mol. The van der Waals surface area contributed by atoms with E-state index in [1.165, 1.54) is 19.3 Å². The van der Waals surface area contributed by atoms with E-state index in [9.17, 15) is 9.59 Å². The fourth-order valence-corrected chi connectivity index (χ4v) is 2.85. The minimum absolute atomic E-state index is 0.0391. The van der Waals surface area contributed by atoms with Crippen molar-refractivity contribution in [1.82, 2.24) is 10.6 Å². The van der Waals surface area contributed by atoms with Crippen molar-refractivity contribution in [3.8, 4) is 0 Å². The van der Waals surface area contributed by atoms with Crippen LogP contribution in [0.1, 0.15) is 37.7 Å². The van der Waals surface area contributed by atoms with Crippen LogP contribution in [-0.2, 0) is 16.0 Å². The number of nitrogens with one attached hydrogen (secondary N) is 3. The van der Waals surface area contributed by atoms with Gasteiger partial charge < -0.3 is 20.7 Å². The van der Waals surface area contributed by atoms with Crippen molar-refractivity contribution in [3.05, 3.63) is 29.8 Å². The van der Waals surface area contributed by atoms with Gasteiger partial charge in [-0.2, -0.15) is 0 Å². The number of amides is 3. The number of hydrogen-bond acceptors (Lipinski definition) is 3. The zero-order chi connectivity index (χ0) is 17.2. The lowest BCUT2D eigenvalue weighted by Gasteiger charge is -2.22. The van der Waals surface area contributed by atoms with Crippen LogP contribution in [0.15, 0.2) is 24.3 Å². The van der Waals surface area contributed by atoms with Crippen molar-refractivity contribution < 1.29 is 14.3 Å². The highest BCUT2D eigenvalue weighted by Gasteiger charge is 2.15. The van der Waals surface area contributed by atoms with E-state index in [1.807, 2.05) is 24.3 Å². The minimum Gasteiger partial charge on any atom is -0.383 e. The Hall–Kier alpha value is -2.08. The number of benzene rings is 1. The molecule has 1 fully saturated rings. The van der Waals surface area contributed by atoms with Crippen molar-refractivity contribution >= 4 is 17.6 Å². The summed E-state index contributed by atoms with van der Waals surface area (Å²) >= 11 is 0. The molecule has 0 bridgehead atoms. The first-order valence-electron chi connectivity index (χ1n) is 8.59. The van der Waals surface area contributed by atoms with Gasteiger partial charge in [-0.1, -0.05) is 31.4 Å². The summed E-state index contributed by atoms with van der Waals surface area (Å²) in [5, 5.41) is 8.64. The maximum Gasteiger partial charge on any atom is 0.319 e. The Kier molecular flexibility index (Phi) is 7.55. The SMILES string of the molecule is COCCNC(=O)Cc1ccc(NC(=O)NC2CCCCC2)cc1. The second-order valence-corrected chi connectivity index (χ2v) is 6.15.